The normalized spacial score (nSPS) is 11.6. The van der Waals surface area contributed by atoms with E-state index >= 15 is 0 Å². The summed E-state index contributed by atoms with van der Waals surface area (Å²) in [6.07, 6.45) is 2.13. The molecule has 5 heteroatoms. The third kappa shape index (κ3) is 3.01. The van der Waals surface area contributed by atoms with Gasteiger partial charge in [-0.25, -0.2) is 0 Å². The van der Waals surface area contributed by atoms with E-state index in [1.54, 1.807) is 24.9 Å². The molecule has 0 saturated heterocycles. The highest BCUT2D eigenvalue weighted by molar-refractivity contribution is 7.44. The van der Waals surface area contributed by atoms with Crippen molar-refractivity contribution in [2.24, 2.45) is 0 Å². The van der Waals surface area contributed by atoms with Crippen molar-refractivity contribution in [3.8, 4) is 0 Å². The highest BCUT2D eigenvalue weighted by Gasteiger charge is 2.21. The molecule has 0 bridgehead atoms. The molecule has 1 aromatic heterocycles. The fourth-order valence-corrected chi connectivity index (χ4v) is 2.52. The predicted molar refractivity (Wildman–Crippen MR) is 54.0 cm³/mol. The van der Waals surface area contributed by atoms with Crippen molar-refractivity contribution in [1.82, 2.24) is 4.57 Å². The number of nitrogens with zero attached hydrogens (tertiary/aromatic N) is 1. The van der Waals surface area contributed by atoms with Crippen molar-refractivity contribution in [2.45, 2.75) is 12.7 Å². The number of aromatic nitrogens is 1. The topological polar surface area (TPSA) is 22.0 Å². The second-order valence-electron chi connectivity index (χ2n) is 2.74. The molecule has 0 aliphatic rings. The molecule has 0 atom stereocenters. The van der Waals surface area contributed by atoms with E-state index in [-0.39, 0.29) is 5.56 Å². The van der Waals surface area contributed by atoms with Gasteiger partial charge >= 0.3 is 0 Å². The van der Waals surface area contributed by atoms with Crippen molar-refractivity contribution in [3.05, 3.63) is 34.7 Å². The van der Waals surface area contributed by atoms with Crippen LogP contribution in [0.2, 0.25) is 6.55 Å². The highest BCUT2D eigenvalue weighted by Crippen LogP contribution is 2.14. The Morgan fingerprint density at radius 3 is 2.67 bits per heavy atom. The molecule has 2 nitrogen and oxygen atoms in total. The second-order valence-corrected chi connectivity index (χ2v) is 10.8. The molecule has 0 saturated carbocycles. The molecule has 0 radical (unpaired) electrons. The van der Waals surface area contributed by atoms with E-state index in [4.69, 9.17) is 22.2 Å². The lowest BCUT2D eigenvalue weighted by Gasteiger charge is -2.11. The molecule has 1 rings (SSSR count). The number of hydrogen-bond donors (Lipinski definition) is 0. The maximum atomic E-state index is 11.2. The summed E-state index contributed by atoms with van der Waals surface area (Å²) >= 11 is 11.8. The lowest BCUT2D eigenvalue weighted by Crippen LogP contribution is -2.29. The van der Waals surface area contributed by atoms with Crippen LogP contribution in [0.1, 0.15) is 0 Å². The van der Waals surface area contributed by atoms with E-state index in [2.05, 4.69) is 0 Å². The first-order valence-electron chi connectivity index (χ1n) is 3.52. The summed E-state index contributed by atoms with van der Waals surface area (Å²) < 4.78 is 1.53. The molecule has 0 N–H and O–H groups in total. The van der Waals surface area contributed by atoms with Crippen LogP contribution in [0.5, 0.6) is 0 Å². The Hall–Kier alpha value is -0.253. The number of halogens is 2. The summed E-state index contributed by atoms with van der Waals surface area (Å²) in [5.41, 5.74) is -0.0578. The molecule has 0 amide bonds. The number of pyridine rings is 1. The Morgan fingerprint density at radius 1 is 1.50 bits per heavy atom. The minimum absolute atomic E-state index is 0.0578. The van der Waals surface area contributed by atoms with E-state index in [0.717, 1.165) is 0 Å². The van der Waals surface area contributed by atoms with Gasteiger partial charge in [-0.1, -0.05) is 6.07 Å². The number of hydrogen-bond acceptors (Lipinski definition) is 1. The van der Waals surface area contributed by atoms with Crippen molar-refractivity contribution in [1.29, 1.82) is 0 Å². The van der Waals surface area contributed by atoms with Crippen molar-refractivity contribution in [3.63, 3.8) is 0 Å². The zero-order valence-corrected chi connectivity index (χ0v) is 9.14. The molecule has 12 heavy (non-hydrogen) atoms. The molecular weight excluding hydrogens is 213 g/mol. The van der Waals surface area contributed by atoms with Crippen molar-refractivity contribution in [2.75, 3.05) is 0 Å². The maximum Gasteiger partial charge on any atom is 0.267 e. The van der Waals surface area contributed by atoms with Gasteiger partial charge in [0.25, 0.3) is 6.69 Å². The lowest BCUT2D eigenvalue weighted by atomic mass is 10.5. The first-order valence-corrected chi connectivity index (χ1v) is 8.25. The molecule has 0 aliphatic carbocycles. The first-order chi connectivity index (χ1) is 5.49. The summed E-state index contributed by atoms with van der Waals surface area (Å²) in [4.78, 5) is 11.2. The molecule has 1 aromatic rings. The van der Waals surface area contributed by atoms with Gasteiger partial charge in [-0.3, -0.25) is 4.79 Å². The van der Waals surface area contributed by atoms with Crippen LogP contribution in [0.3, 0.4) is 0 Å². The van der Waals surface area contributed by atoms with E-state index in [0.29, 0.717) is 6.17 Å². The standard InChI is InChI=1S/C7H9Cl2NOSi/c1-12(8,9)6-10-5-3-2-4-7(10)11/h2-5H,6H2,1H3. The quantitative estimate of drug-likeness (QED) is 0.553. The van der Waals surface area contributed by atoms with Gasteiger partial charge in [0.1, 0.15) is 0 Å². The van der Waals surface area contributed by atoms with Gasteiger partial charge in [0.15, 0.2) is 0 Å². The van der Waals surface area contributed by atoms with Gasteiger partial charge in [0.05, 0.1) is 0 Å². The third-order valence-electron chi connectivity index (χ3n) is 1.35. The minimum atomic E-state index is -2.22. The fourth-order valence-electron chi connectivity index (χ4n) is 0.890. The highest BCUT2D eigenvalue weighted by atomic mass is 35.7. The van der Waals surface area contributed by atoms with Crippen molar-refractivity contribution >= 4 is 28.9 Å². The molecular formula is C7H9Cl2NOSi. The molecule has 66 valence electrons. The van der Waals surface area contributed by atoms with Crippen LogP contribution in [-0.4, -0.2) is 11.3 Å². The van der Waals surface area contributed by atoms with Gasteiger partial charge < -0.3 is 4.57 Å². The summed E-state index contributed by atoms with van der Waals surface area (Å²) in [5.74, 6) is 0. The van der Waals surface area contributed by atoms with Crippen LogP contribution in [0.15, 0.2) is 29.2 Å². The second kappa shape index (κ2) is 3.64. The summed E-state index contributed by atoms with van der Waals surface area (Å²) in [6.45, 7) is -0.435. The summed E-state index contributed by atoms with van der Waals surface area (Å²) in [5, 5.41) is 0. The van der Waals surface area contributed by atoms with Gasteiger partial charge in [-0.05, 0) is 12.6 Å². The van der Waals surface area contributed by atoms with E-state index < -0.39 is 6.69 Å². The molecule has 1 heterocycles. The smallest absolute Gasteiger partial charge is 0.267 e. The molecule has 0 fully saturated rings. The van der Waals surface area contributed by atoms with Crippen molar-refractivity contribution < 1.29 is 0 Å². The van der Waals surface area contributed by atoms with Crippen LogP contribution in [0.25, 0.3) is 0 Å². The predicted octanol–water partition coefficient (Wildman–Crippen LogP) is 1.94. The Kier molecular flexibility index (Phi) is 2.98. The zero-order valence-electron chi connectivity index (χ0n) is 6.63. The molecule has 0 unspecified atom stereocenters. The van der Waals surface area contributed by atoms with Crippen LogP contribution in [0, 0.1) is 0 Å². The van der Waals surface area contributed by atoms with Gasteiger partial charge in [-0.15, -0.1) is 22.2 Å². The Bertz CT molecular complexity index is 318. The monoisotopic (exact) mass is 221 g/mol. The van der Waals surface area contributed by atoms with E-state index in [1.807, 2.05) is 0 Å². The summed E-state index contributed by atoms with van der Waals surface area (Å²) in [7, 11) is 0. The SMILES string of the molecule is C[Si](Cl)(Cl)Cn1ccccc1=O. The Balaban J connectivity index is 2.91. The third-order valence-corrected chi connectivity index (χ3v) is 2.96. The van der Waals surface area contributed by atoms with Gasteiger partial charge in [0, 0.05) is 18.4 Å². The van der Waals surface area contributed by atoms with Gasteiger partial charge in [-0.2, -0.15) is 0 Å². The molecule has 0 aromatic carbocycles. The molecule has 0 spiro atoms. The Morgan fingerprint density at radius 2 is 2.17 bits per heavy atom. The van der Waals surface area contributed by atoms with E-state index in [9.17, 15) is 4.79 Å². The van der Waals surface area contributed by atoms with Crippen LogP contribution < -0.4 is 5.56 Å². The largest absolute Gasteiger partial charge is 0.316 e. The molecule has 0 aliphatic heterocycles. The van der Waals surface area contributed by atoms with E-state index in [1.165, 1.54) is 10.6 Å². The number of rotatable bonds is 2. The minimum Gasteiger partial charge on any atom is -0.316 e. The zero-order chi connectivity index (χ0) is 9.19. The maximum absolute atomic E-state index is 11.2. The average molecular weight is 222 g/mol. The Labute approximate surface area is 81.2 Å². The fraction of sp³-hybridized carbons (Fsp3) is 0.286. The van der Waals surface area contributed by atoms with Crippen LogP contribution >= 0.6 is 22.2 Å². The van der Waals surface area contributed by atoms with Crippen LogP contribution in [-0.2, 0) is 6.17 Å². The first kappa shape index (κ1) is 9.83. The van der Waals surface area contributed by atoms with Crippen LogP contribution in [0.4, 0.5) is 0 Å². The summed E-state index contributed by atoms with van der Waals surface area (Å²) in [6, 6.07) is 4.98. The lowest BCUT2D eigenvalue weighted by molar-refractivity contribution is 0.819. The van der Waals surface area contributed by atoms with Gasteiger partial charge in [0.2, 0.25) is 5.56 Å². The average Bonchev–Trinajstić information content (AvgIpc) is 1.91.